The zero-order chi connectivity index (χ0) is 9.52. The van der Waals surface area contributed by atoms with E-state index in [1.54, 1.807) is 0 Å². The average molecular weight is 198 g/mol. The lowest BCUT2D eigenvalue weighted by Crippen LogP contribution is -2.33. The van der Waals surface area contributed by atoms with Crippen LogP contribution in [0.2, 0.25) is 0 Å². The minimum atomic E-state index is 0.354. The van der Waals surface area contributed by atoms with E-state index < -0.39 is 0 Å². The molecule has 1 heterocycles. The van der Waals surface area contributed by atoms with Gasteiger partial charge in [-0.3, -0.25) is 0 Å². The second-order valence-electron chi connectivity index (χ2n) is 3.66. The van der Waals surface area contributed by atoms with Crippen LogP contribution in [0.5, 0.6) is 0 Å². The largest absolute Gasteiger partial charge is 0.312 e. The summed E-state index contributed by atoms with van der Waals surface area (Å²) in [6.45, 7) is 3.16. The Morgan fingerprint density at radius 3 is 3.08 bits per heavy atom. The smallest absolute Gasteiger partial charge is 0.0638 e. The summed E-state index contributed by atoms with van der Waals surface area (Å²) < 4.78 is 0. The Labute approximate surface area is 85.1 Å². The fourth-order valence-corrected chi connectivity index (χ4v) is 2.76. The molecule has 1 fully saturated rings. The third-order valence-electron chi connectivity index (χ3n) is 2.37. The summed E-state index contributed by atoms with van der Waals surface area (Å²) in [6.07, 6.45) is 4.73. The summed E-state index contributed by atoms with van der Waals surface area (Å²) in [6, 6.07) is 2.54. The van der Waals surface area contributed by atoms with Crippen LogP contribution in [0.25, 0.3) is 0 Å². The maximum Gasteiger partial charge on any atom is 0.0638 e. The maximum atomic E-state index is 8.48. The second-order valence-corrected chi connectivity index (χ2v) is 5.07. The van der Waals surface area contributed by atoms with E-state index in [0.717, 1.165) is 11.8 Å². The Morgan fingerprint density at radius 2 is 2.46 bits per heavy atom. The molecule has 0 aromatic heterocycles. The number of hydrogen-bond donors (Lipinski definition) is 1. The van der Waals surface area contributed by atoms with Gasteiger partial charge in [-0.15, -0.1) is 0 Å². The summed E-state index contributed by atoms with van der Waals surface area (Å²) in [4.78, 5) is 0. The topological polar surface area (TPSA) is 35.8 Å². The van der Waals surface area contributed by atoms with Gasteiger partial charge in [0.2, 0.25) is 0 Å². The highest BCUT2D eigenvalue weighted by atomic mass is 32.2. The first-order valence-corrected chi connectivity index (χ1v) is 6.09. The van der Waals surface area contributed by atoms with E-state index in [-0.39, 0.29) is 0 Å². The molecule has 0 spiro atoms. The van der Waals surface area contributed by atoms with E-state index in [2.05, 4.69) is 30.1 Å². The summed E-state index contributed by atoms with van der Waals surface area (Å²) >= 11 is 2.08. The molecule has 1 N–H and O–H groups in total. The summed E-state index contributed by atoms with van der Waals surface area (Å²) in [5, 5.41) is 12.7. The first-order valence-electron chi connectivity index (χ1n) is 5.05. The van der Waals surface area contributed by atoms with Gasteiger partial charge in [0.05, 0.1) is 12.5 Å². The van der Waals surface area contributed by atoms with Crippen LogP contribution < -0.4 is 5.32 Å². The Balaban J connectivity index is 2.07. The van der Waals surface area contributed by atoms with Crippen LogP contribution in [0.15, 0.2) is 0 Å². The molecule has 13 heavy (non-hydrogen) atoms. The molecule has 1 saturated heterocycles. The molecule has 0 radical (unpaired) electrons. The molecule has 74 valence electrons. The lowest BCUT2D eigenvalue weighted by atomic mass is 10.2. The van der Waals surface area contributed by atoms with Gasteiger partial charge in [-0.05, 0) is 25.5 Å². The summed E-state index contributed by atoms with van der Waals surface area (Å²) in [5.74, 6) is 1.32. The highest BCUT2D eigenvalue weighted by Crippen LogP contribution is 2.24. The fourth-order valence-electron chi connectivity index (χ4n) is 1.51. The van der Waals surface area contributed by atoms with Crippen LogP contribution in [0.3, 0.4) is 0 Å². The third kappa shape index (κ3) is 4.54. The molecule has 1 rings (SSSR count). The summed E-state index contributed by atoms with van der Waals surface area (Å²) in [5.41, 5.74) is 0. The minimum Gasteiger partial charge on any atom is -0.312 e. The van der Waals surface area contributed by atoms with Gasteiger partial charge in [-0.2, -0.15) is 17.0 Å². The molecule has 0 aromatic rings. The van der Waals surface area contributed by atoms with E-state index in [4.69, 9.17) is 5.26 Å². The van der Waals surface area contributed by atoms with E-state index in [0.29, 0.717) is 12.5 Å². The fraction of sp³-hybridized carbons (Fsp3) is 0.900. The van der Waals surface area contributed by atoms with Gasteiger partial charge in [0.25, 0.3) is 0 Å². The van der Waals surface area contributed by atoms with Crippen LogP contribution in [0.1, 0.15) is 32.6 Å². The zero-order valence-corrected chi connectivity index (χ0v) is 9.07. The van der Waals surface area contributed by atoms with Crippen molar-refractivity contribution in [3.05, 3.63) is 0 Å². The van der Waals surface area contributed by atoms with Crippen LogP contribution in [-0.4, -0.2) is 23.6 Å². The Kier molecular flexibility index (Phi) is 5.26. The van der Waals surface area contributed by atoms with Gasteiger partial charge in [0, 0.05) is 17.8 Å². The SMILES string of the molecule is CC(CC#N)NCC1CCCCS1. The standard InChI is InChI=1S/C10H18N2S/c1-9(5-6-11)12-8-10-4-2-3-7-13-10/h9-10,12H,2-5,7-8H2,1H3. The summed E-state index contributed by atoms with van der Waals surface area (Å²) in [7, 11) is 0. The van der Waals surface area contributed by atoms with Crippen molar-refractivity contribution >= 4 is 11.8 Å². The number of nitriles is 1. The van der Waals surface area contributed by atoms with Gasteiger partial charge in [-0.25, -0.2) is 0 Å². The van der Waals surface area contributed by atoms with Crippen LogP contribution in [0, 0.1) is 11.3 Å². The predicted octanol–water partition coefficient (Wildman–Crippen LogP) is 2.16. The molecule has 1 aliphatic heterocycles. The highest BCUT2D eigenvalue weighted by molar-refractivity contribution is 7.99. The minimum absolute atomic E-state index is 0.354. The molecular formula is C10H18N2S. The molecule has 0 aliphatic carbocycles. The van der Waals surface area contributed by atoms with Crippen molar-refractivity contribution < 1.29 is 0 Å². The molecule has 2 atom stereocenters. The van der Waals surface area contributed by atoms with Crippen molar-refractivity contribution in [2.75, 3.05) is 12.3 Å². The zero-order valence-electron chi connectivity index (χ0n) is 8.25. The van der Waals surface area contributed by atoms with Crippen LogP contribution in [0.4, 0.5) is 0 Å². The predicted molar refractivity (Wildman–Crippen MR) is 57.8 cm³/mol. The van der Waals surface area contributed by atoms with E-state index >= 15 is 0 Å². The van der Waals surface area contributed by atoms with Gasteiger partial charge < -0.3 is 5.32 Å². The van der Waals surface area contributed by atoms with Crippen LogP contribution >= 0.6 is 11.8 Å². The van der Waals surface area contributed by atoms with E-state index in [9.17, 15) is 0 Å². The van der Waals surface area contributed by atoms with Gasteiger partial charge in [0.15, 0.2) is 0 Å². The molecule has 1 aliphatic rings. The first kappa shape index (κ1) is 10.9. The number of nitrogens with one attached hydrogen (secondary N) is 1. The number of rotatable bonds is 4. The van der Waals surface area contributed by atoms with Crippen molar-refractivity contribution in [2.24, 2.45) is 0 Å². The van der Waals surface area contributed by atoms with Crippen molar-refractivity contribution in [2.45, 2.75) is 43.9 Å². The molecule has 2 nitrogen and oxygen atoms in total. The molecule has 0 aromatic carbocycles. The van der Waals surface area contributed by atoms with Gasteiger partial charge >= 0.3 is 0 Å². The maximum absolute atomic E-state index is 8.48. The van der Waals surface area contributed by atoms with Crippen molar-refractivity contribution in [3.63, 3.8) is 0 Å². The lowest BCUT2D eigenvalue weighted by Gasteiger charge is -2.22. The van der Waals surface area contributed by atoms with Crippen molar-refractivity contribution in [1.82, 2.24) is 5.32 Å². The first-order chi connectivity index (χ1) is 6.33. The highest BCUT2D eigenvalue weighted by Gasteiger charge is 2.14. The molecule has 2 unspecified atom stereocenters. The monoisotopic (exact) mass is 198 g/mol. The molecular weight excluding hydrogens is 180 g/mol. The van der Waals surface area contributed by atoms with Crippen molar-refractivity contribution in [3.8, 4) is 6.07 Å². The normalized spacial score (nSPS) is 25.1. The molecule has 3 heteroatoms. The van der Waals surface area contributed by atoms with Crippen molar-refractivity contribution in [1.29, 1.82) is 5.26 Å². The Morgan fingerprint density at radius 1 is 1.62 bits per heavy atom. The lowest BCUT2D eigenvalue weighted by molar-refractivity contribution is 0.528. The second kappa shape index (κ2) is 6.28. The molecule has 0 bridgehead atoms. The molecule has 0 amide bonds. The Hall–Kier alpha value is -0.200. The van der Waals surface area contributed by atoms with Gasteiger partial charge in [0.1, 0.15) is 0 Å². The van der Waals surface area contributed by atoms with Crippen LogP contribution in [-0.2, 0) is 0 Å². The van der Waals surface area contributed by atoms with E-state index in [1.165, 1.54) is 25.0 Å². The number of thioether (sulfide) groups is 1. The molecule has 0 saturated carbocycles. The van der Waals surface area contributed by atoms with E-state index in [1.807, 2.05) is 0 Å². The third-order valence-corrected chi connectivity index (χ3v) is 3.76. The number of nitrogens with zero attached hydrogens (tertiary/aromatic N) is 1. The quantitative estimate of drug-likeness (QED) is 0.752. The van der Waals surface area contributed by atoms with Gasteiger partial charge in [-0.1, -0.05) is 6.42 Å². The number of hydrogen-bond acceptors (Lipinski definition) is 3. The average Bonchev–Trinajstić information content (AvgIpc) is 2.17. The Bertz CT molecular complexity index is 170.